The van der Waals surface area contributed by atoms with Crippen LogP contribution in [-0.4, -0.2) is 41.8 Å². The Hall–Kier alpha value is -2.45. The topological polar surface area (TPSA) is 75.9 Å². The highest BCUT2D eigenvalue weighted by atomic mass is 19.4. The van der Waals surface area contributed by atoms with Crippen LogP contribution in [0.15, 0.2) is 24.3 Å². The quantitative estimate of drug-likeness (QED) is 0.919. The first-order valence-electron chi connectivity index (χ1n) is 6.98. The van der Waals surface area contributed by atoms with Gasteiger partial charge in [-0.2, -0.15) is 0 Å². The molecule has 0 radical (unpaired) electrons. The molecule has 0 spiro atoms. The molecule has 2 fully saturated rings. The average Bonchev–Trinajstić information content (AvgIpc) is 2.98. The van der Waals surface area contributed by atoms with Gasteiger partial charge in [0.05, 0.1) is 6.54 Å². The fourth-order valence-electron chi connectivity index (χ4n) is 3.16. The smallest absolute Gasteiger partial charge is 0.406 e. The maximum absolute atomic E-state index is 12.4. The van der Waals surface area contributed by atoms with Crippen molar-refractivity contribution in [2.45, 2.75) is 24.7 Å². The van der Waals surface area contributed by atoms with E-state index in [9.17, 15) is 22.8 Å². The Balaban J connectivity index is 1.83. The number of nitrogens with two attached hydrogens (primary N) is 1. The second kappa shape index (κ2) is 5.04. The number of nitrogens with zero attached hydrogens (tertiary/aromatic N) is 2. The van der Waals surface area contributed by atoms with Crippen molar-refractivity contribution in [2.75, 3.05) is 18.0 Å². The van der Waals surface area contributed by atoms with Crippen molar-refractivity contribution in [1.82, 2.24) is 4.90 Å². The van der Waals surface area contributed by atoms with Gasteiger partial charge < -0.3 is 15.4 Å². The SMILES string of the molecule is NC(=O)[C@@]12CCCN1C(=O)N(c1ccc(OC(F)(F)F)cc1)C2. The van der Waals surface area contributed by atoms with E-state index >= 15 is 0 Å². The normalized spacial score (nSPS) is 24.0. The van der Waals surface area contributed by atoms with Crippen LogP contribution in [0.1, 0.15) is 12.8 Å². The third-order valence-electron chi connectivity index (χ3n) is 4.21. The van der Waals surface area contributed by atoms with Crippen LogP contribution >= 0.6 is 0 Å². The van der Waals surface area contributed by atoms with Crippen LogP contribution in [0.5, 0.6) is 5.75 Å². The van der Waals surface area contributed by atoms with Gasteiger partial charge in [-0.1, -0.05) is 0 Å². The van der Waals surface area contributed by atoms with Gasteiger partial charge in [-0.15, -0.1) is 13.2 Å². The molecule has 6 nitrogen and oxygen atoms in total. The molecule has 0 aromatic heterocycles. The Morgan fingerprint density at radius 1 is 1.26 bits per heavy atom. The summed E-state index contributed by atoms with van der Waals surface area (Å²) in [4.78, 5) is 27.0. The fraction of sp³-hybridized carbons (Fsp3) is 0.429. The van der Waals surface area contributed by atoms with Gasteiger partial charge in [0, 0.05) is 12.2 Å². The number of carbonyl (C=O) groups excluding carboxylic acids is 2. The standard InChI is InChI=1S/C14H14F3N3O3/c15-14(16,17)23-10-4-2-9(3-5-10)19-8-13(11(18)21)6-1-7-20(13)12(19)22/h2-5H,1,6-8H2,(H2,18,21)/t13-/m0/s1. The molecule has 2 N–H and O–H groups in total. The van der Waals surface area contributed by atoms with Crippen molar-refractivity contribution < 1.29 is 27.5 Å². The van der Waals surface area contributed by atoms with Gasteiger partial charge in [0.25, 0.3) is 0 Å². The van der Waals surface area contributed by atoms with E-state index in [0.717, 1.165) is 12.1 Å². The number of primary amides is 1. The zero-order chi connectivity index (χ0) is 16.8. The largest absolute Gasteiger partial charge is 0.573 e. The van der Waals surface area contributed by atoms with Crippen LogP contribution in [0.2, 0.25) is 0 Å². The molecule has 0 bridgehead atoms. The number of fused-ring (bicyclic) bond motifs is 1. The summed E-state index contributed by atoms with van der Waals surface area (Å²) >= 11 is 0. The van der Waals surface area contributed by atoms with Crippen LogP contribution in [-0.2, 0) is 4.79 Å². The lowest BCUT2D eigenvalue weighted by atomic mass is 9.96. The number of ether oxygens (including phenoxy) is 1. The number of amides is 3. The lowest BCUT2D eigenvalue weighted by Crippen LogP contribution is -2.52. The summed E-state index contributed by atoms with van der Waals surface area (Å²) in [5.41, 5.74) is 4.82. The maximum Gasteiger partial charge on any atom is 0.573 e. The van der Waals surface area contributed by atoms with Crippen LogP contribution in [0.4, 0.5) is 23.7 Å². The summed E-state index contributed by atoms with van der Waals surface area (Å²) in [5, 5.41) is 0. The zero-order valence-electron chi connectivity index (χ0n) is 12.0. The molecule has 1 aromatic carbocycles. The minimum Gasteiger partial charge on any atom is -0.406 e. The number of hydrogen-bond donors (Lipinski definition) is 1. The third kappa shape index (κ3) is 2.55. The molecule has 124 valence electrons. The monoisotopic (exact) mass is 329 g/mol. The van der Waals surface area contributed by atoms with E-state index in [-0.39, 0.29) is 18.3 Å². The van der Waals surface area contributed by atoms with Gasteiger partial charge >= 0.3 is 12.4 Å². The molecule has 3 amide bonds. The van der Waals surface area contributed by atoms with Crippen LogP contribution < -0.4 is 15.4 Å². The Labute approximate surface area is 129 Å². The highest BCUT2D eigenvalue weighted by molar-refractivity contribution is 6.02. The highest BCUT2D eigenvalue weighted by Gasteiger charge is 2.56. The molecule has 2 aliphatic heterocycles. The van der Waals surface area contributed by atoms with E-state index in [4.69, 9.17) is 5.73 Å². The first-order chi connectivity index (χ1) is 10.7. The van der Waals surface area contributed by atoms with Gasteiger partial charge in [0.15, 0.2) is 0 Å². The van der Waals surface area contributed by atoms with E-state index in [0.29, 0.717) is 25.1 Å². The van der Waals surface area contributed by atoms with Crippen molar-refractivity contribution >= 4 is 17.6 Å². The zero-order valence-corrected chi connectivity index (χ0v) is 12.0. The molecular weight excluding hydrogens is 315 g/mol. The molecule has 2 heterocycles. The summed E-state index contributed by atoms with van der Waals surface area (Å²) in [7, 11) is 0. The first-order valence-corrected chi connectivity index (χ1v) is 6.98. The highest BCUT2D eigenvalue weighted by Crippen LogP contribution is 2.39. The molecule has 9 heteroatoms. The average molecular weight is 329 g/mol. The molecule has 23 heavy (non-hydrogen) atoms. The molecular formula is C14H14F3N3O3. The van der Waals surface area contributed by atoms with Gasteiger partial charge in [-0.3, -0.25) is 9.69 Å². The summed E-state index contributed by atoms with van der Waals surface area (Å²) in [6.45, 7) is 0.536. The number of benzene rings is 1. The van der Waals surface area contributed by atoms with E-state index in [1.54, 1.807) is 0 Å². The predicted octanol–water partition coefficient (Wildman–Crippen LogP) is 1.85. The van der Waals surface area contributed by atoms with Crippen LogP contribution in [0.25, 0.3) is 0 Å². The Morgan fingerprint density at radius 3 is 2.43 bits per heavy atom. The number of anilines is 1. The molecule has 0 aliphatic carbocycles. The molecule has 0 unspecified atom stereocenters. The third-order valence-corrected chi connectivity index (χ3v) is 4.21. The number of urea groups is 1. The Bertz CT molecular complexity index is 647. The number of halogens is 3. The minimum atomic E-state index is -4.77. The van der Waals surface area contributed by atoms with E-state index in [2.05, 4.69) is 4.74 Å². The maximum atomic E-state index is 12.4. The molecule has 0 saturated carbocycles. The van der Waals surface area contributed by atoms with Gasteiger partial charge in [0.1, 0.15) is 11.3 Å². The van der Waals surface area contributed by atoms with E-state index in [1.807, 2.05) is 0 Å². The van der Waals surface area contributed by atoms with Crippen molar-refractivity contribution in [3.63, 3.8) is 0 Å². The van der Waals surface area contributed by atoms with Crippen molar-refractivity contribution in [1.29, 1.82) is 0 Å². The van der Waals surface area contributed by atoms with Crippen molar-refractivity contribution in [3.05, 3.63) is 24.3 Å². The number of alkyl halides is 3. The van der Waals surface area contributed by atoms with E-state index < -0.39 is 17.8 Å². The first kappa shape index (κ1) is 15.4. The van der Waals surface area contributed by atoms with E-state index in [1.165, 1.54) is 21.9 Å². The number of rotatable bonds is 3. The lowest BCUT2D eigenvalue weighted by Gasteiger charge is -2.25. The Morgan fingerprint density at radius 2 is 1.91 bits per heavy atom. The van der Waals surface area contributed by atoms with Gasteiger partial charge in [-0.25, -0.2) is 4.79 Å². The predicted molar refractivity (Wildman–Crippen MR) is 73.7 cm³/mol. The van der Waals surface area contributed by atoms with Crippen molar-refractivity contribution in [2.24, 2.45) is 5.73 Å². The number of hydrogen-bond acceptors (Lipinski definition) is 3. The second-order valence-corrected chi connectivity index (χ2v) is 5.56. The summed E-state index contributed by atoms with van der Waals surface area (Å²) in [6, 6.07) is 4.56. The van der Waals surface area contributed by atoms with Crippen LogP contribution in [0, 0.1) is 0 Å². The summed E-state index contributed by atoms with van der Waals surface area (Å²) in [5.74, 6) is -0.944. The van der Waals surface area contributed by atoms with Crippen LogP contribution in [0.3, 0.4) is 0 Å². The van der Waals surface area contributed by atoms with Gasteiger partial charge in [0.2, 0.25) is 5.91 Å². The molecule has 2 saturated heterocycles. The Kier molecular flexibility index (Phi) is 3.38. The lowest BCUT2D eigenvalue weighted by molar-refractivity contribution is -0.274. The molecule has 1 aromatic rings. The van der Waals surface area contributed by atoms with Crippen molar-refractivity contribution in [3.8, 4) is 5.75 Å². The second-order valence-electron chi connectivity index (χ2n) is 5.56. The molecule has 3 rings (SSSR count). The fourth-order valence-corrected chi connectivity index (χ4v) is 3.16. The number of carbonyl (C=O) groups is 2. The van der Waals surface area contributed by atoms with Gasteiger partial charge in [-0.05, 0) is 37.1 Å². The molecule has 1 atom stereocenters. The molecule has 2 aliphatic rings. The summed E-state index contributed by atoms with van der Waals surface area (Å²) in [6.07, 6.45) is -3.59. The minimum absolute atomic E-state index is 0.0979. The summed E-state index contributed by atoms with van der Waals surface area (Å²) < 4.78 is 40.3.